The van der Waals surface area contributed by atoms with Crippen LogP contribution in [0.25, 0.3) is 0 Å². The van der Waals surface area contributed by atoms with Gasteiger partial charge in [-0.25, -0.2) is 0 Å². The van der Waals surface area contributed by atoms with Gasteiger partial charge in [-0.2, -0.15) is 0 Å². The van der Waals surface area contributed by atoms with E-state index in [1.165, 1.54) is 16.0 Å². The van der Waals surface area contributed by atoms with Gasteiger partial charge < -0.3 is 0 Å². The third-order valence-corrected chi connectivity index (χ3v) is 5.66. The fourth-order valence-corrected chi connectivity index (χ4v) is 4.58. The van der Waals surface area contributed by atoms with Crippen LogP contribution >= 0.6 is 22.9 Å². The van der Waals surface area contributed by atoms with Crippen molar-refractivity contribution >= 4 is 28.2 Å². The Morgan fingerprint density at radius 2 is 2.20 bits per heavy atom. The number of fused-ring (bicyclic) bond motifs is 3. The smallest absolute Gasteiger partial charge is 0.262 e. The number of rotatable bonds is 1. The van der Waals surface area contributed by atoms with E-state index in [2.05, 4.69) is 20.8 Å². The average Bonchev–Trinajstić information content (AvgIpc) is 2.54. The minimum atomic E-state index is -0.275. The predicted octanol–water partition coefficient (Wildman–Crippen LogP) is 3.73. The molecule has 3 rings (SSSR count). The highest BCUT2D eigenvalue weighted by atomic mass is 35.5. The molecule has 1 nitrogen and oxygen atoms in total. The molecular weight excluding hydrogens is 228 g/mol. The molecule has 2 unspecified atom stereocenters. The average molecular weight is 241 g/mol. The van der Waals surface area contributed by atoms with Gasteiger partial charge in [0.2, 0.25) is 0 Å². The quantitative estimate of drug-likeness (QED) is 0.684. The van der Waals surface area contributed by atoms with Crippen molar-refractivity contribution in [3.05, 3.63) is 20.9 Å². The summed E-state index contributed by atoms with van der Waals surface area (Å²) >= 11 is 7.18. The maximum atomic E-state index is 11.3. The van der Waals surface area contributed by atoms with Crippen molar-refractivity contribution in [2.45, 2.75) is 33.1 Å². The molecule has 1 aromatic rings. The predicted molar refractivity (Wildman–Crippen MR) is 63.0 cm³/mol. The van der Waals surface area contributed by atoms with Gasteiger partial charge in [0.05, 0.1) is 4.88 Å². The van der Waals surface area contributed by atoms with Gasteiger partial charge >= 0.3 is 0 Å². The van der Waals surface area contributed by atoms with E-state index in [0.717, 1.165) is 17.2 Å². The number of halogens is 1. The second-order valence-corrected chi connectivity index (χ2v) is 6.83. The summed E-state index contributed by atoms with van der Waals surface area (Å²) in [6, 6.07) is 0. The number of thiophene rings is 1. The molecule has 1 saturated carbocycles. The van der Waals surface area contributed by atoms with E-state index < -0.39 is 0 Å². The second kappa shape index (κ2) is 2.67. The SMILES string of the molecule is Cc1sc(C(=O)Cl)c2c1C1C(C2)C1(C)C. The zero-order valence-corrected chi connectivity index (χ0v) is 10.6. The normalized spacial score (nSPS) is 29.9. The summed E-state index contributed by atoms with van der Waals surface area (Å²) in [5, 5.41) is -0.275. The van der Waals surface area contributed by atoms with Crippen molar-refractivity contribution < 1.29 is 4.79 Å². The maximum absolute atomic E-state index is 11.3. The zero-order valence-electron chi connectivity index (χ0n) is 9.06. The van der Waals surface area contributed by atoms with E-state index in [-0.39, 0.29) is 5.24 Å². The van der Waals surface area contributed by atoms with Gasteiger partial charge in [-0.1, -0.05) is 13.8 Å². The van der Waals surface area contributed by atoms with E-state index in [9.17, 15) is 4.79 Å². The van der Waals surface area contributed by atoms with Crippen LogP contribution in [-0.2, 0) is 6.42 Å². The molecule has 0 amide bonds. The molecule has 1 aromatic heterocycles. The lowest BCUT2D eigenvalue weighted by molar-refractivity contribution is 0.108. The lowest BCUT2D eigenvalue weighted by Gasteiger charge is -2.08. The van der Waals surface area contributed by atoms with E-state index in [1.54, 1.807) is 11.3 Å². The monoisotopic (exact) mass is 240 g/mol. The minimum Gasteiger partial charge on any atom is -0.275 e. The molecule has 3 heteroatoms. The Morgan fingerprint density at radius 3 is 2.80 bits per heavy atom. The molecule has 2 atom stereocenters. The Balaban J connectivity index is 2.14. The maximum Gasteiger partial charge on any atom is 0.262 e. The van der Waals surface area contributed by atoms with Crippen LogP contribution in [0, 0.1) is 18.3 Å². The van der Waals surface area contributed by atoms with Crippen LogP contribution in [0.2, 0.25) is 0 Å². The lowest BCUT2D eigenvalue weighted by atomic mass is 9.95. The summed E-state index contributed by atoms with van der Waals surface area (Å²) < 4.78 is 0. The van der Waals surface area contributed by atoms with Crippen molar-refractivity contribution in [1.82, 2.24) is 0 Å². The summed E-state index contributed by atoms with van der Waals surface area (Å²) in [6.07, 6.45) is 1.06. The number of carbonyl (C=O) groups is 1. The molecule has 1 fully saturated rings. The van der Waals surface area contributed by atoms with E-state index in [4.69, 9.17) is 11.6 Å². The summed E-state index contributed by atoms with van der Waals surface area (Å²) in [7, 11) is 0. The molecule has 15 heavy (non-hydrogen) atoms. The first-order chi connectivity index (χ1) is 6.94. The van der Waals surface area contributed by atoms with Gasteiger partial charge in [-0.05, 0) is 53.3 Å². The van der Waals surface area contributed by atoms with Crippen LogP contribution in [0.4, 0.5) is 0 Å². The van der Waals surface area contributed by atoms with Gasteiger partial charge in [0.1, 0.15) is 0 Å². The highest BCUT2D eigenvalue weighted by Gasteiger charge is 2.63. The van der Waals surface area contributed by atoms with Crippen molar-refractivity contribution in [1.29, 1.82) is 0 Å². The fraction of sp³-hybridized carbons (Fsp3) is 0.583. The summed E-state index contributed by atoms with van der Waals surface area (Å²) in [5.74, 6) is 1.44. The highest BCUT2D eigenvalue weighted by Crippen LogP contribution is 2.71. The molecule has 1 heterocycles. The van der Waals surface area contributed by atoms with Gasteiger partial charge in [-0.15, -0.1) is 11.3 Å². The molecule has 2 aliphatic rings. The molecule has 0 radical (unpaired) electrons. The Hall–Kier alpha value is -0.340. The molecule has 0 saturated heterocycles. The van der Waals surface area contributed by atoms with Crippen molar-refractivity contribution in [2.24, 2.45) is 11.3 Å². The summed E-state index contributed by atoms with van der Waals surface area (Å²) in [4.78, 5) is 13.4. The van der Waals surface area contributed by atoms with Crippen molar-refractivity contribution in [3.8, 4) is 0 Å². The summed E-state index contributed by atoms with van der Waals surface area (Å²) in [6.45, 7) is 6.76. The van der Waals surface area contributed by atoms with Crippen molar-refractivity contribution in [3.63, 3.8) is 0 Å². The van der Waals surface area contributed by atoms with E-state index in [1.807, 2.05) is 0 Å². The van der Waals surface area contributed by atoms with Crippen LogP contribution < -0.4 is 0 Å². The van der Waals surface area contributed by atoms with Crippen LogP contribution in [0.15, 0.2) is 0 Å². The van der Waals surface area contributed by atoms with Gasteiger partial charge in [0.15, 0.2) is 0 Å². The molecular formula is C12H13ClOS. The lowest BCUT2D eigenvalue weighted by Crippen LogP contribution is -2.01. The van der Waals surface area contributed by atoms with Gasteiger partial charge in [0, 0.05) is 4.88 Å². The zero-order chi connectivity index (χ0) is 11.0. The standard InChI is InChI=1S/C12H13ClOS/c1-5-8-6(10(15-5)11(13)14)4-7-9(8)12(7,2)3/h7,9H,4H2,1-3H3. The Labute approximate surface area is 98.4 Å². The molecule has 0 spiro atoms. The summed E-state index contributed by atoms with van der Waals surface area (Å²) in [5.41, 5.74) is 3.15. The van der Waals surface area contributed by atoms with Crippen LogP contribution in [0.1, 0.15) is 45.4 Å². The third kappa shape index (κ3) is 1.07. The number of hydrogen-bond acceptors (Lipinski definition) is 2. The minimum absolute atomic E-state index is 0.275. The van der Waals surface area contributed by atoms with Crippen LogP contribution in [0.5, 0.6) is 0 Å². The first-order valence-electron chi connectivity index (χ1n) is 5.26. The number of carbonyl (C=O) groups excluding carboxylic acids is 1. The van der Waals surface area contributed by atoms with E-state index in [0.29, 0.717) is 11.3 Å². The third-order valence-electron chi connectivity index (χ3n) is 4.20. The largest absolute Gasteiger partial charge is 0.275 e. The Morgan fingerprint density at radius 1 is 1.53 bits per heavy atom. The van der Waals surface area contributed by atoms with Gasteiger partial charge in [0.25, 0.3) is 5.24 Å². The van der Waals surface area contributed by atoms with Crippen LogP contribution in [0.3, 0.4) is 0 Å². The van der Waals surface area contributed by atoms with E-state index >= 15 is 0 Å². The highest BCUT2D eigenvalue weighted by molar-refractivity contribution is 7.16. The Bertz CT molecular complexity index is 472. The molecule has 0 aromatic carbocycles. The number of aryl methyl sites for hydroxylation is 1. The topological polar surface area (TPSA) is 17.1 Å². The van der Waals surface area contributed by atoms with Gasteiger partial charge in [-0.3, -0.25) is 4.79 Å². The molecule has 0 aliphatic heterocycles. The second-order valence-electron chi connectivity index (χ2n) is 5.26. The molecule has 80 valence electrons. The fourth-order valence-electron chi connectivity index (χ4n) is 3.29. The first kappa shape index (κ1) is 9.86. The van der Waals surface area contributed by atoms with Crippen LogP contribution in [-0.4, -0.2) is 5.24 Å². The Kier molecular flexibility index (Phi) is 1.75. The molecule has 2 aliphatic carbocycles. The number of hydrogen-bond donors (Lipinski definition) is 0. The van der Waals surface area contributed by atoms with Crippen molar-refractivity contribution in [2.75, 3.05) is 0 Å². The molecule has 0 bridgehead atoms. The molecule has 0 N–H and O–H groups in total. The first-order valence-corrected chi connectivity index (χ1v) is 6.46.